The fourth-order valence-corrected chi connectivity index (χ4v) is 2.61. The van der Waals surface area contributed by atoms with Crippen molar-refractivity contribution in [3.8, 4) is 0 Å². The number of nitrogens with two attached hydrogens (primary N) is 2. The van der Waals surface area contributed by atoms with E-state index in [9.17, 15) is 4.79 Å². The van der Waals surface area contributed by atoms with Crippen LogP contribution in [0.4, 0.5) is 17.3 Å². The van der Waals surface area contributed by atoms with Gasteiger partial charge >= 0.3 is 0 Å². The molecule has 6 nitrogen and oxygen atoms in total. The van der Waals surface area contributed by atoms with Crippen molar-refractivity contribution in [1.82, 2.24) is 4.98 Å². The van der Waals surface area contributed by atoms with Crippen molar-refractivity contribution in [3.63, 3.8) is 0 Å². The number of H-pyrrole nitrogens is 1. The van der Waals surface area contributed by atoms with E-state index >= 15 is 0 Å². The molecule has 8 heteroatoms. The summed E-state index contributed by atoms with van der Waals surface area (Å²) in [6, 6.07) is 8.47. The second-order valence-electron chi connectivity index (χ2n) is 4.33. The number of halogens is 1. The maximum atomic E-state index is 12.1. The standard InChI is InChI=1S/C13H14ClN5OS/c1-7(21-13-18-10(15)6-11(16)19-13)12(20)17-9-4-2-3-8(14)5-9/h2-7H,1H3,(H,17,20)(H4,15,16,18,19)/p+1. The van der Waals surface area contributed by atoms with Gasteiger partial charge in [-0.2, -0.15) is 0 Å². The lowest BCUT2D eigenvalue weighted by molar-refractivity contribution is -0.416. The first-order valence-electron chi connectivity index (χ1n) is 6.12. The number of carbonyl (C=O) groups is 1. The van der Waals surface area contributed by atoms with Crippen molar-refractivity contribution in [2.45, 2.75) is 17.3 Å². The molecule has 1 aromatic heterocycles. The summed E-state index contributed by atoms with van der Waals surface area (Å²) < 4.78 is 0. The summed E-state index contributed by atoms with van der Waals surface area (Å²) in [4.78, 5) is 19.1. The van der Waals surface area contributed by atoms with Gasteiger partial charge in [0, 0.05) is 10.7 Å². The van der Waals surface area contributed by atoms with E-state index in [1.54, 1.807) is 31.2 Å². The molecule has 1 aromatic carbocycles. The van der Waals surface area contributed by atoms with E-state index in [2.05, 4.69) is 15.3 Å². The molecular formula is C13H15ClN5OS+. The van der Waals surface area contributed by atoms with Crippen molar-refractivity contribution in [2.75, 3.05) is 16.8 Å². The average Bonchev–Trinajstić information content (AvgIpc) is 2.37. The van der Waals surface area contributed by atoms with Crippen molar-refractivity contribution in [3.05, 3.63) is 35.4 Å². The number of hydrogen-bond acceptors (Lipinski definition) is 5. The molecule has 0 saturated heterocycles. The first-order chi connectivity index (χ1) is 9.94. The quantitative estimate of drug-likeness (QED) is 0.587. The van der Waals surface area contributed by atoms with Gasteiger partial charge in [-0.1, -0.05) is 22.7 Å². The molecule has 110 valence electrons. The summed E-state index contributed by atoms with van der Waals surface area (Å²) in [6.07, 6.45) is 0. The molecule has 0 aliphatic heterocycles. The summed E-state index contributed by atoms with van der Waals surface area (Å²) in [5, 5.41) is 3.45. The van der Waals surface area contributed by atoms with Crippen LogP contribution in [0.25, 0.3) is 0 Å². The molecule has 0 saturated carbocycles. The maximum absolute atomic E-state index is 12.1. The molecule has 2 rings (SSSR count). The van der Waals surface area contributed by atoms with Gasteiger partial charge in [0.1, 0.15) is 0 Å². The highest BCUT2D eigenvalue weighted by molar-refractivity contribution is 8.00. The first kappa shape index (κ1) is 15.4. The van der Waals surface area contributed by atoms with Crippen LogP contribution in [0, 0.1) is 0 Å². The van der Waals surface area contributed by atoms with Crippen LogP contribution in [0.15, 0.2) is 35.5 Å². The predicted octanol–water partition coefficient (Wildman–Crippen LogP) is 1.83. The summed E-state index contributed by atoms with van der Waals surface area (Å²) in [7, 11) is 0. The second kappa shape index (κ2) is 6.64. The highest BCUT2D eigenvalue weighted by atomic mass is 35.5. The van der Waals surface area contributed by atoms with E-state index in [-0.39, 0.29) is 11.2 Å². The van der Waals surface area contributed by atoms with Gasteiger partial charge < -0.3 is 16.8 Å². The van der Waals surface area contributed by atoms with Crippen LogP contribution in [0.2, 0.25) is 5.02 Å². The predicted molar refractivity (Wildman–Crippen MR) is 85.0 cm³/mol. The van der Waals surface area contributed by atoms with Crippen LogP contribution < -0.4 is 21.8 Å². The Balaban J connectivity index is 2.02. The van der Waals surface area contributed by atoms with E-state index in [0.717, 1.165) is 0 Å². The van der Waals surface area contributed by atoms with Crippen LogP contribution in [0.1, 0.15) is 6.92 Å². The third-order valence-corrected chi connectivity index (χ3v) is 3.75. The number of nitrogens with zero attached hydrogens (tertiary/aromatic N) is 1. The van der Waals surface area contributed by atoms with E-state index in [0.29, 0.717) is 27.5 Å². The number of thioether (sulfide) groups is 1. The van der Waals surface area contributed by atoms with Crippen molar-refractivity contribution in [1.29, 1.82) is 0 Å². The van der Waals surface area contributed by atoms with Crippen molar-refractivity contribution < 1.29 is 9.78 Å². The van der Waals surface area contributed by atoms with Crippen LogP contribution in [-0.2, 0) is 4.79 Å². The maximum Gasteiger partial charge on any atom is 0.299 e. The third kappa shape index (κ3) is 4.51. The first-order valence-corrected chi connectivity index (χ1v) is 7.38. The highest BCUT2D eigenvalue weighted by Crippen LogP contribution is 2.21. The molecule has 21 heavy (non-hydrogen) atoms. The number of amides is 1. The minimum absolute atomic E-state index is 0.168. The molecule has 0 aliphatic rings. The number of nitrogens with one attached hydrogen (secondary N) is 2. The number of benzene rings is 1. The lowest BCUT2D eigenvalue weighted by atomic mass is 10.3. The molecule has 0 fully saturated rings. The van der Waals surface area contributed by atoms with Gasteiger partial charge in [0.2, 0.25) is 17.5 Å². The normalized spacial score (nSPS) is 11.9. The molecule has 2 aromatic rings. The molecule has 1 amide bonds. The minimum Gasteiger partial charge on any atom is -0.370 e. The molecule has 0 spiro atoms. The highest BCUT2D eigenvalue weighted by Gasteiger charge is 2.19. The number of carbonyl (C=O) groups excluding carboxylic acids is 1. The van der Waals surface area contributed by atoms with Gasteiger partial charge in [0.15, 0.2) is 0 Å². The Morgan fingerprint density at radius 3 is 2.86 bits per heavy atom. The molecular weight excluding hydrogens is 310 g/mol. The molecule has 0 radical (unpaired) electrons. The third-order valence-electron chi connectivity index (χ3n) is 2.54. The molecule has 1 heterocycles. The topological polar surface area (TPSA) is 108 Å². The second-order valence-corrected chi connectivity index (χ2v) is 6.09. The Morgan fingerprint density at radius 1 is 1.43 bits per heavy atom. The van der Waals surface area contributed by atoms with Crippen LogP contribution >= 0.6 is 23.4 Å². The Hall–Kier alpha value is -1.99. The monoisotopic (exact) mass is 324 g/mol. The van der Waals surface area contributed by atoms with Crippen molar-refractivity contribution in [2.24, 2.45) is 0 Å². The Morgan fingerprint density at radius 2 is 2.19 bits per heavy atom. The number of hydrogen-bond donors (Lipinski definition) is 3. The number of anilines is 3. The van der Waals surface area contributed by atoms with Gasteiger partial charge in [-0.25, -0.2) is 4.98 Å². The van der Waals surface area contributed by atoms with E-state index < -0.39 is 0 Å². The Labute approximate surface area is 131 Å². The fraction of sp³-hybridized carbons (Fsp3) is 0.154. The SMILES string of the molecule is CC(Sc1nc(N)cc(N)[nH+]1)C(=O)Nc1cccc(Cl)c1. The van der Waals surface area contributed by atoms with E-state index in [1.807, 2.05) is 0 Å². The van der Waals surface area contributed by atoms with Gasteiger partial charge in [0.05, 0.1) is 11.3 Å². The van der Waals surface area contributed by atoms with Gasteiger partial charge in [-0.05, 0) is 36.9 Å². The molecule has 0 aliphatic carbocycles. The zero-order valence-electron chi connectivity index (χ0n) is 11.3. The minimum atomic E-state index is -0.381. The van der Waals surface area contributed by atoms with Gasteiger partial charge in [-0.15, -0.1) is 0 Å². The van der Waals surface area contributed by atoms with E-state index in [1.165, 1.54) is 17.8 Å². The number of aromatic nitrogens is 2. The number of nitrogen functional groups attached to an aromatic ring is 2. The van der Waals surface area contributed by atoms with Crippen LogP contribution in [-0.4, -0.2) is 16.1 Å². The number of rotatable bonds is 4. The fourth-order valence-electron chi connectivity index (χ4n) is 1.58. The van der Waals surface area contributed by atoms with E-state index in [4.69, 9.17) is 23.1 Å². The molecule has 6 N–H and O–H groups in total. The number of aromatic amines is 1. The summed E-state index contributed by atoms with van der Waals surface area (Å²) in [5.41, 5.74) is 11.9. The summed E-state index contributed by atoms with van der Waals surface area (Å²) >= 11 is 7.10. The zero-order chi connectivity index (χ0) is 15.4. The van der Waals surface area contributed by atoms with Crippen LogP contribution in [0.5, 0.6) is 0 Å². The zero-order valence-corrected chi connectivity index (χ0v) is 12.8. The molecule has 1 atom stereocenters. The Bertz CT molecular complexity index is 647. The lowest BCUT2D eigenvalue weighted by Crippen LogP contribution is -2.25. The summed E-state index contributed by atoms with van der Waals surface area (Å²) in [6.45, 7) is 1.76. The summed E-state index contributed by atoms with van der Waals surface area (Å²) in [5.74, 6) is 0.530. The van der Waals surface area contributed by atoms with Crippen LogP contribution in [0.3, 0.4) is 0 Å². The largest absolute Gasteiger partial charge is 0.370 e. The lowest BCUT2D eigenvalue weighted by Gasteiger charge is -2.10. The average molecular weight is 325 g/mol. The van der Waals surface area contributed by atoms with Crippen molar-refractivity contribution >= 4 is 46.6 Å². The molecule has 0 bridgehead atoms. The smallest absolute Gasteiger partial charge is 0.299 e. The van der Waals surface area contributed by atoms with Gasteiger partial charge in [0.25, 0.3) is 5.16 Å². The Kier molecular flexibility index (Phi) is 4.87. The van der Waals surface area contributed by atoms with Gasteiger partial charge in [-0.3, -0.25) is 4.79 Å². The molecule has 1 unspecified atom stereocenters.